The maximum Gasteiger partial charge on any atom is 0.416 e. The molecule has 1 aliphatic carbocycles. The highest BCUT2D eigenvalue weighted by atomic mass is 19.4. The molecule has 0 unspecified atom stereocenters. The highest BCUT2D eigenvalue weighted by Gasteiger charge is 2.34. The lowest BCUT2D eigenvalue weighted by molar-refractivity contribution is -0.138. The number of rotatable bonds is 6. The van der Waals surface area contributed by atoms with Gasteiger partial charge < -0.3 is 16.0 Å². The number of carbonyl (C=O) groups excluding carboxylic acids is 2. The first-order valence-electron chi connectivity index (χ1n) is 10.1. The van der Waals surface area contributed by atoms with E-state index in [0.29, 0.717) is 17.6 Å². The van der Waals surface area contributed by atoms with E-state index in [4.69, 9.17) is 0 Å². The molecule has 14 heteroatoms. The molecule has 2 fully saturated rings. The number of aromatic nitrogens is 4. The van der Waals surface area contributed by atoms with Crippen LogP contribution in [-0.4, -0.2) is 37.6 Å². The van der Waals surface area contributed by atoms with Gasteiger partial charge in [-0.15, -0.1) is 0 Å². The van der Waals surface area contributed by atoms with E-state index in [2.05, 4.69) is 36.3 Å². The molecule has 1 aromatic carbocycles. The summed E-state index contributed by atoms with van der Waals surface area (Å²) in [5, 5.41) is 14.6. The van der Waals surface area contributed by atoms with Crippen molar-refractivity contribution >= 4 is 35.6 Å². The number of anilines is 2. The van der Waals surface area contributed by atoms with Crippen molar-refractivity contribution in [2.45, 2.75) is 31.6 Å². The summed E-state index contributed by atoms with van der Waals surface area (Å²) in [6.45, 7) is -0.322. The normalized spacial score (nSPS) is 17.2. The molecule has 0 spiro atoms. The van der Waals surface area contributed by atoms with Gasteiger partial charge in [-0.25, -0.2) is 9.18 Å². The third-order valence-corrected chi connectivity index (χ3v) is 5.14. The number of urea groups is 1. The summed E-state index contributed by atoms with van der Waals surface area (Å²) in [5.41, 5.74) is -0.678. The summed E-state index contributed by atoms with van der Waals surface area (Å²) >= 11 is 0. The minimum atomic E-state index is -4.74. The Kier molecular flexibility index (Phi) is 5.06. The zero-order valence-electron chi connectivity index (χ0n) is 17.2. The largest absolute Gasteiger partial charge is 0.416 e. The minimum absolute atomic E-state index is 0.00633. The number of nitrogens with zero attached hydrogens (tertiary/aromatic N) is 4. The van der Waals surface area contributed by atoms with Crippen LogP contribution >= 0.6 is 0 Å². The number of fused-ring (bicyclic) bond motifs is 1. The quantitative estimate of drug-likeness (QED) is 0.245. The maximum atomic E-state index is 13.4. The van der Waals surface area contributed by atoms with Crippen LogP contribution in [0, 0.1) is 5.82 Å². The van der Waals surface area contributed by atoms with E-state index in [0.717, 1.165) is 25.0 Å². The molecule has 0 bridgehead atoms. The molecule has 5 rings (SSSR count). The Labute approximate surface area is 188 Å². The molecular formula is C20H16F4N8O2. The first-order valence-corrected chi connectivity index (χ1v) is 10.1. The molecule has 2 aliphatic rings. The van der Waals surface area contributed by atoms with Crippen molar-refractivity contribution in [2.75, 3.05) is 10.6 Å². The molecule has 0 atom stereocenters. The average molecular weight is 476 g/mol. The number of nitrogens with one attached hydrogen (secondary N) is 4. The smallest absolute Gasteiger partial charge is 0.351 e. The topological polar surface area (TPSA) is 125 Å². The Morgan fingerprint density at radius 1 is 1.18 bits per heavy atom. The standard InChI is InChI=1S/C20H16F4N8O2/c21-11-2-1-9(13(6-11)20(22,23)24)7-25-17-29-15-10(5-14-16(33)30-19(34)28-14)8-26-32(15)18(31-17)27-12-3-4-12/h1-2,5-6,8,12H,3-4,7H2,(H2,25,27,29,31)(H2,28,30,33,34)/b14-5-. The van der Waals surface area contributed by atoms with Crippen molar-refractivity contribution in [3.05, 3.63) is 52.6 Å². The minimum Gasteiger partial charge on any atom is -0.351 e. The Hall–Kier alpha value is -4.23. The lowest BCUT2D eigenvalue weighted by atomic mass is 10.1. The van der Waals surface area contributed by atoms with Crippen LogP contribution in [0.2, 0.25) is 0 Å². The number of carbonyl (C=O) groups is 2. The molecular weight excluding hydrogens is 460 g/mol. The van der Waals surface area contributed by atoms with Crippen LogP contribution in [0.15, 0.2) is 30.1 Å². The van der Waals surface area contributed by atoms with Crippen LogP contribution in [0.5, 0.6) is 0 Å². The van der Waals surface area contributed by atoms with Gasteiger partial charge in [0.1, 0.15) is 11.5 Å². The zero-order valence-corrected chi connectivity index (χ0v) is 17.2. The van der Waals surface area contributed by atoms with Crippen LogP contribution in [0.25, 0.3) is 11.7 Å². The number of halogens is 4. The Bertz CT molecular complexity index is 1350. The molecule has 3 aromatic rings. The van der Waals surface area contributed by atoms with E-state index in [-0.39, 0.29) is 35.4 Å². The number of hydrogen-bond acceptors (Lipinski definition) is 7. The van der Waals surface area contributed by atoms with Crippen LogP contribution < -0.4 is 21.3 Å². The third-order valence-electron chi connectivity index (χ3n) is 5.14. The van der Waals surface area contributed by atoms with Crippen LogP contribution in [0.4, 0.5) is 34.3 Å². The highest BCUT2D eigenvalue weighted by Crippen LogP contribution is 2.33. The molecule has 2 aromatic heterocycles. The maximum absolute atomic E-state index is 13.4. The monoisotopic (exact) mass is 476 g/mol. The van der Waals surface area contributed by atoms with E-state index >= 15 is 0 Å². The number of benzene rings is 1. The Morgan fingerprint density at radius 3 is 2.65 bits per heavy atom. The summed E-state index contributed by atoms with van der Waals surface area (Å²) in [6, 6.07) is 1.93. The van der Waals surface area contributed by atoms with Crippen molar-refractivity contribution in [1.29, 1.82) is 0 Å². The predicted molar refractivity (Wildman–Crippen MR) is 111 cm³/mol. The molecule has 0 radical (unpaired) electrons. The van der Waals surface area contributed by atoms with E-state index in [9.17, 15) is 27.2 Å². The van der Waals surface area contributed by atoms with Crippen molar-refractivity contribution in [3.8, 4) is 0 Å². The van der Waals surface area contributed by atoms with Gasteiger partial charge >= 0.3 is 12.2 Å². The van der Waals surface area contributed by atoms with Crippen molar-refractivity contribution < 1.29 is 27.2 Å². The van der Waals surface area contributed by atoms with Gasteiger partial charge in [0.15, 0.2) is 5.65 Å². The summed E-state index contributed by atoms with van der Waals surface area (Å²) in [4.78, 5) is 31.9. The fourth-order valence-electron chi connectivity index (χ4n) is 3.36. The van der Waals surface area contributed by atoms with Gasteiger partial charge in [0.05, 0.1) is 11.8 Å². The number of alkyl halides is 3. The van der Waals surface area contributed by atoms with Gasteiger partial charge in [0, 0.05) is 18.2 Å². The Balaban J connectivity index is 1.50. The zero-order chi connectivity index (χ0) is 24.0. The predicted octanol–water partition coefficient (Wildman–Crippen LogP) is 2.65. The molecule has 10 nitrogen and oxygen atoms in total. The summed E-state index contributed by atoms with van der Waals surface area (Å²) in [7, 11) is 0. The lowest BCUT2D eigenvalue weighted by Gasteiger charge is -2.14. The van der Waals surface area contributed by atoms with E-state index in [1.165, 1.54) is 16.8 Å². The lowest BCUT2D eigenvalue weighted by Crippen LogP contribution is -2.22. The molecule has 1 aliphatic heterocycles. The second kappa shape index (κ2) is 7.97. The molecule has 34 heavy (non-hydrogen) atoms. The van der Waals surface area contributed by atoms with Crippen molar-refractivity contribution in [3.63, 3.8) is 0 Å². The first-order chi connectivity index (χ1) is 16.2. The molecule has 1 saturated carbocycles. The third kappa shape index (κ3) is 4.33. The Morgan fingerprint density at radius 2 is 1.97 bits per heavy atom. The van der Waals surface area contributed by atoms with Crippen LogP contribution in [-0.2, 0) is 17.5 Å². The summed E-state index contributed by atoms with van der Waals surface area (Å²) in [5.74, 6) is -1.32. The fraction of sp³-hybridized carbons (Fsp3) is 0.250. The van der Waals surface area contributed by atoms with E-state index in [1.54, 1.807) is 0 Å². The average Bonchev–Trinajstić information content (AvgIpc) is 3.40. The second-order valence-corrected chi connectivity index (χ2v) is 7.74. The number of hydrogen-bond donors (Lipinski definition) is 4. The van der Waals surface area contributed by atoms with Gasteiger partial charge in [0.2, 0.25) is 11.9 Å². The summed E-state index contributed by atoms with van der Waals surface area (Å²) in [6.07, 6.45) is -0.105. The number of imide groups is 1. The molecule has 4 N–H and O–H groups in total. The van der Waals surface area contributed by atoms with Crippen LogP contribution in [0.3, 0.4) is 0 Å². The fourth-order valence-corrected chi connectivity index (χ4v) is 3.36. The van der Waals surface area contributed by atoms with Crippen molar-refractivity contribution in [1.82, 2.24) is 30.2 Å². The second-order valence-electron chi connectivity index (χ2n) is 7.74. The van der Waals surface area contributed by atoms with Crippen LogP contribution in [0.1, 0.15) is 29.5 Å². The van der Waals surface area contributed by atoms with Crippen molar-refractivity contribution in [2.24, 2.45) is 0 Å². The molecule has 176 valence electrons. The first kappa shape index (κ1) is 21.6. The number of amides is 3. The van der Waals surface area contributed by atoms with Gasteiger partial charge in [0.25, 0.3) is 5.91 Å². The van der Waals surface area contributed by atoms with Gasteiger partial charge in [-0.3, -0.25) is 10.1 Å². The van der Waals surface area contributed by atoms with E-state index < -0.39 is 29.5 Å². The molecule has 1 saturated heterocycles. The summed E-state index contributed by atoms with van der Waals surface area (Å²) < 4.78 is 54.8. The molecule has 3 heterocycles. The van der Waals surface area contributed by atoms with E-state index in [1.807, 2.05) is 0 Å². The van der Waals surface area contributed by atoms with Gasteiger partial charge in [-0.1, -0.05) is 6.07 Å². The SMILES string of the molecule is O=C1NC(=O)/C(=C/c2cnn3c(NC4CC4)nc(NCc4ccc(F)cc4C(F)(F)F)nc23)N1. The van der Waals surface area contributed by atoms with Gasteiger partial charge in [-0.05, 0) is 36.6 Å². The molecule has 3 amide bonds. The van der Waals surface area contributed by atoms with Gasteiger partial charge in [-0.2, -0.15) is 32.8 Å². The highest BCUT2D eigenvalue weighted by molar-refractivity contribution is 6.14.